The van der Waals surface area contributed by atoms with E-state index < -0.39 is 17.9 Å². The van der Waals surface area contributed by atoms with Crippen LogP contribution in [0.2, 0.25) is 0 Å². The van der Waals surface area contributed by atoms with E-state index in [1.54, 1.807) is 19.2 Å². The molecular formula is C44H52N8O7. The molecule has 0 unspecified atom stereocenters. The Morgan fingerprint density at radius 1 is 0.864 bits per heavy atom. The number of piperidine rings is 4. The van der Waals surface area contributed by atoms with Crippen LogP contribution in [0.1, 0.15) is 84.5 Å². The number of ether oxygens (including phenoxy) is 3. The summed E-state index contributed by atoms with van der Waals surface area (Å²) in [7, 11) is 1.54. The van der Waals surface area contributed by atoms with Gasteiger partial charge in [-0.25, -0.2) is 0 Å². The molecule has 9 rings (SSSR count). The number of hydrogen-bond acceptors (Lipinski definition) is 11. The summed E-state index contributed by atoms with van der Waals surface area (Å²) in [5.41, 5.74) is 4.56. The minimum absolute atomic E-state index is 0.109. The fourth-order valence-electron chi connectivity index (χ4n) is 9.30. The van der Waals surface area contributed by atoms with Gasteiger partial charge in [-0.1, -0.05) is 6.07 Å². The van der Waals surface area contributed by atoms with E-state index in [2.05, 4.69) is 53.7 Å². The molecule has 0 spiro atoms. The molecule has 1 atom stereocenters. The van der Waals surface area contributed by atoms with Crippen molar-refractivity contribution in [3.63, 3.8) is 0 Å². The Hall–Kier alpha value is -5.83. The van der Waals surface area contributed by atoms with Crippen molar-refractivity contribution in [3.05, 3.63) is 65.9 Å². The van der Waals surface area contributed by atoms with Crippen LogP contribution in [0.3, 0.4) is 0 Å². The van der Waals surface area contributed by atoms with Crippen LogP contribution in [-0.2, 0) is 9.59 Å². The minimum atomic E-state index is -0.747. The average Bonchev–Trinajstić information content (AvgIpc) is 3.92. The van der Waals surface area contributed by atoms with Gasteiger partial charge in [-0.15, -0.1) is 0 Å². The lowest BCUT2D eigenvalue weighted by atomic mass is 9.94. The fourth-order valence-corrected chi connectivity index (χ4v) is 9.30. The van der Waals surface area contributed by atoms with Crippen LogP contribution >= 0.6 is 0 Å². The van der Waals surface area contributed by atoms with Gasteiger partial charge >= 0.3 is 0 Å². The molecule has 0 aliphatic carbocycles. The molecule has 4 saturated heterocycles. The first kappa shape index (κ1) is 38.7. The number of nitrogens with one attached hydrogen (secondary N) is 3. The van der Waals surface area contributed by atoms with Gasteiger partial charge in [0.1, 0.15) is 11.8 Å². The van der Waals surface area contributed by atoms with Crippen LogP contribution in [0, 0.1) is 5.92 Å². The van der Waals surface area contributed by atoms with Crippen LogP contribution in [0.4, 0.5) is 17.1 Å². The molecule has 5 aliphatic rings. The number of likely N-dealkylation sites (tertiary alicyclic amines) is 1. The molecule has 0 saturated carbocycles. The van der Waals surface area contributed by atoms with Gasteiger partial charge in [0.05, 0.1) is 41.2 Å². The monoisotopic (exact) mass is 804 g/mol. The molecular weight excluding hydrogens is 753 g/mol. The zero-order chi connectivity index (χ0) is 40.5. The van der Waals surface area contributed by atoms with E-state index in [0.29, 0.717) is 40.3 Å². The van der Waals surface area contributed by atoms with Gasteiger partial charge in [0.25, 0.3) is 11.8 Å². The zero-order valence-electron chi connectivity index (χ0n) is 33.5. The summed E-state index contributed by atoms with van der Waals surface area (Å²) in [6.07, 6.45) is 10.3. The average molecular weight is 805 g/mol. The number of nitrogens with zero attached hydrogens (tertiary/aromatic N) is 5. The number of benzene rings is 3. The fraction of sp³-hybridized carbons (Fsp3) is 0.477. The number of fused-ring (bicyclic) bond motifs is 2. The smallest absolute Gasteiger partial charge is 0.259 e. The molecule has 0 radical (unpaired) electrons. The first-order chi connectivity index (χ1) is 28.8. The highest BCUT2D eigenvalue weighted by molar-refractivity contribution is 6.09. The number of aromatic nitrogens is 2. The van der Waals surface area contributed by atoms with Crippen LogP contribution in [-0.4, -0.2) is 104 Å². The number of amides is 4. The van der Waals surface area contributed by atoms with Gasteiger partial charge in [0, 0.05) is 75.6 Å². The molecule has 4 amide bonds. The summed E-state index contributed by atoms with van der Waals surface area (Å²) in [5.74, 6) is 0.700. The zero-order valence-corrected chi connectivity index (χ0v) is 33.5. The third kappa shape index (κ3) is 8.25. The largest absolute Gasteiger partial charge is 0.496 e. The van der Waals surface area contributed by atoms with Crippen LogP contribution < -0.4 is 40.0 Å². The molecule has 59 heavy (non-hydrogen) atoms. The van der Waals surface area contributed by atoms with Crippen molar-refractivity contribution in [1.29, 1.82) is 0 Å². The van der Waals surface area contributed by atoms with E-state index >= 15 is 0 Å². The summed E-state index contributed by atoms with van der Waals surface area (Å²) >= 11 is 0. The number of carbonyl (C=O) groups excluding carboxylic acids is 4. The van der Waals surface area contributed by atoms with Crippen molar-refractivity contribution >= 4 is 51.6 Å². The summed E-state index contributed by atoms with van der Waals surface area (Å²) in [4.78, 5) is 57.7. The van der Waals surface area contributed by atoms with Crippen LogP contribution in [0.25, 0.3) is 10.9 Å². The van der Waals surface area contributed by atoms with Gasteiger partial charge in [-0.2, -0.15) is 5.10 Å². The molecule has 3 aromatic carbocycles. The number of anilines is 3. The van der Waals surface area contributed by atoms with E-state index in [1.165, 1.54) is 6.42 Å². The van der Waals surface area contributed by atoms with Crippen LogP contribution in [0.5, 0.6) is 17.2 Å². The number of imide groups is 1. The number of carbonyl (C=O) groups is 4. The summed E-state index contributed by atoms with van der Waals surface area (Å²) in [5, 5.41) is 14.4. The SMILES string of the molecule is COc1cc(N2CCC(CN3CCC(n4cc5cc(NC(=O)c6cccc7c6OCO7)c(N6CCCCC6)cc5n4)CC3)CC2)ccc1C(=O)N[C@H]1CCC(=O)NC1=O. The summed E-state index contributed by atoms with van der Waals surface area (Å²) < 4.78 is 18.9. The molecule has 15 heteroatoms. The number of para-hydroxylation sites is 1. The molecule has 6 heterocycles. The standard InChI is InChI=1S/C44H52N8O7/c1-57-39-23-31(8-9-32(39)42(54)45-34-10-11-40(53)47-44(34)56)50-20-12-28(13-21-50)25-49-18-14-30(15-19-49)52-26-29-22-36(37(24-35(29)48-52)51-16-3-2-4-17-51)46-43(55)33-6-5-7-38-41(33)59-27-58-38/h5-9,22-24,26,28,30,34H,2-4,10-21,25,27H2,1H3,(H,45,54)(H,46,55)(H,47,53,56)/t34-/m0/s1. The van der Waals surface area contributed by atoms with E-state index in [9.17, 15) is 19.2 Å². The topological polar surface area (TPSA) is 160 Å². The first-order valence-corrected chi connectivity index (χ1v) is 21.1. The van der Waals surface area contributed by atoms with E-state index in [-0.39, 0.29) is 31.4 Å². The maximum atomic E-state index is 13.6. The normalized spacial score (nSPS) is 20.5. The second kappa shape index (κ2) is 16.8. The highest BCUT2D eigenvalue weighted by Crippen LogP contribution is 2.38. The highest BCUT2D eigenvalue weighted by atomic mass is 16.7. The van der Waals surface area contributed by atoms with Crippen molar-refractivity contribution in [2.45, 2.75) is 69.9 Å². The lowest BCUT2D eigenvalue weighted by Crippen LogP contribution is -2.52. The highest BCUT2D eigenvalue weighted by Gasteiger charge is 2.31. The van der Waals surface area contributed by atoms with Crippen molar-refractivity contribution in [3.8, 4) is 17.2 Å². The quantitative estimate of drug-likeness (QED) is 0.183. The van der Waals surface area contributed by atoms with Gasteiger partial charge in [0.15, 0.2) is 11.5 Å². The van der Waals surface area contributed by atoms with Crippen molar-refractivity contribution in [2.24, 2.45) is 5.92 Å². The predicted molar refractivity (Wildman–Crippen MR) is 223 cm³/mol. The molecule has 0 bridgehead atoms. The van der Waals surface area contributed by atoms with Crippen molar-refractivity contribution < 1.29 is 33.4 Å². The maximum absolute atomic E-state index is 13.6. The van der Waals surface area contributed by atoms with Gasteiger partial charge in [-0.3, -0.25) is 29.2 Å². The Labute approximate surface area is 343 Å². The Morgan fingerprint density at radius 2 is 1.68 bits per heavy atom. The molecule has 1 aromatic heterocycles. The molecule has 5 aliphatic heterocycles. The number of rotatable bonds is 10. The molecule has 4 aromatic rings. The van der Waals surface area contributed by atoms with Gasteiger partial charge in [0.2, 0.25) is 18.6 Å². The molecule has 15 nitrogen and oxygen atoms in total. The van der Waals surface area contributed by atoms with E-state index in [0.717, 1.165) is 112 Å². The van der Waals surface area contributed by atoms with E-state index in [1.807, 2.05) is 24.3 Å². The van der Waals surface area contributed by atoms with Gasteiger partial charge in [-0.05, 0) is 93.7 Å². The lowest BCUT2D eigenvalue weighted by molar-refractivity contribution is -0.134. The van der Waals surface area contributed by atoms with E-state index in [4.69, 9.17) is 19.3 Å². The predicted octanol–water partition coefficient (Wildman–Crippen LogP) is 5.10. The number of hydrogen-bond donors (Lipinski definition) is 3. The molecule has 4 fully saturated rings. The van der Waals surface area contributed by atoms with Crippen molar-refractivity contribution in [1.82, 2.24) is 25.3 Å². The van der Waals surface area contributed by atoms with Gasteiger partial charge < -0.3 is 39.5 Å². The Kier molecular flexibility index (Phi) is 11.0. The van der Waals surface area contributed by atoms with Crippen molar-refractivity contribution in [2.75, 3.05) is 74.8 Å². The Balaban J connectivity index is 0.797. The maximum Gasteiger partial charge on any atom is 0.259 e. The Morgan fingerprint density at radius 3 is 2.46 bits per heavy atom. The first-order valence-electron chi connectivity index (χ1n) is 21.1. The summed E-state index contributed by atoms with van der Waals surface area (Å²) in [6.45, 7) is 6.96. The third-order valence-corrected chi connectivity index (χ3v) is 12.6. The number of methoxy groups -OCH3 is 1. The second-order valence-corrected chi connectivity index (χ2v) is 16.4. The summed E-state index contributed by atoms with van der Waals surface area (Å²) in [6, 6.07) is 14.8. The molecule has 3 N–H and O–H groups in total. The van der Waals surface area contributed by atoms with Crippen LogP contribution in [0.15, 0.2) is 54.7 Å². The minimum Gasteiger partial charge on any atom is -0.496 e. The second-order valence-electron chi connectivity index (χ2n) is 16.4. The Bertz CT molecular complexity index is 2240. The lowest BCUT2D eigenvalue weighted by Gasteiger charge is -2.38. The third-order valence-electron chi connectivity index (χ3n) is 12.6. The molecule has 310 valence electrons.